The van der Waals surface area contributed by atoms with E-state index in [-0.39, 0.29) is 45.3 Å². The van der Waals surface area contributed by atoms with Gasteiger partial charge in [0.15, 0.2) is 0 Å². The molecule has 1 aliphatic rings. The third-order valence-corrected chi connectivity index (χ3v) is 5.17. The molecule has 0 spiro atoms. The number of ether oxygens (including phenoxy) is 2. The molecule has 1 fully saturated rings. The van der Waals surface area contributed by atoms with E-state index in [0.29, 0.717) is 32.0 Å². The molecule has 7 heteroatoms. The van der Waals surface area contributed by atoms with E-state index in [2.05, 4.69) is 10.6 Å². The SMILES string of the molecule is CCC(C)OCCC(=O)NCCOCC(=O)NC1CCC(C(=O)C(C)C)CC1.[HH].[HH]. The number of Topliss-reactive ketones (excluding diaryl/α,β-unsaturated/α-hetero) is 1. The van der Waals surface area contributed by atoms with E-state index in [1.54, 1.807) is 0 Å². The van der Waals surface area contributed by atoms with Gasteiger partial charge in [0, 0.05) is 33.7 Å². The first-order chi connectivity index (χ1) is 13.3. The molecule has 1 unspecified atom stereocenters. The van der Waals surface area contributed by atoms with Crippen LogP contribution in [0.3, 0.4) is 0 Å². The summed E-state index contributed by atoms with van der Waals surface area (Å²) >= 11 is 0. The standard InChI is InChI=1S/C21H38N2O5.2H2/c1-5-16(4)28-12-10-19(24)22-11-13-27-14-20(25)23-18-8-6-17(7-9-18)21(26)15(2)3;;/h15-18H,5-14H2,1-4H3,(H,22,24)(H,23,25);2*1H. The fourth-order valence-electron chi connectivity index (χ4n) is 3.25. The summed E-state index contributed by atoms with van der Waals surface area (Å²) in [5.74, 6) is 0.332. The van der Waals surface area contributed by atoms with Crippen LogP contribution in [0.5, 0.6) is 0 Å². The summed E-state index contributed by atoms with van der Waals surface area (Å²) in [7, 11) is 0. The second kappa shape index (κ2) is 13.7. The van der Waals surface area contributed by atoms with Crippen molar-refractivity contribution in [1.29, 1.82) is 0 Å². The van der Waals surface area contributed by atoms with E-state index >= 15 is 0 Å². The molecule has 1 aliphatic carbocycles. The van der Waals surface area contributed by atoms with Crippen LogP contribution in [0, 0.1) is 11.8 Å². The molecule has 0 radical (unpaired) electrons. The lowest BCUT2D eigenvalue weighted by molar-refractivity contribution is -0.127. The summed E-state index contributed by atoms with van der Waals surface area (Å²) < 4.78 is 10.8. The lowest BCUT2D eigenvalue weighted by Crippen LogP contribution is -2.41. The van der Waals surface area contributed by atoms with Crippen LogP contribution in [-0.4, -0.2) is 56.1 Å². The van der Waals surface area contributed by atoms with Gasteiger partial charge >= 0.3 is 0 Å². The van der Waals surface area contributed by atoms with Crippen LogP contribution in [0.25, 0.3) is 0 Å². The van der Waals surface area contributed by atoms with Crippen molar-refractivity contribution in [2.45, 2.75) is 78.4 Å². The summed E-state index contributed by atoms with van der Waals surface area (Å²) in [4.78, 5) is 35.6. The quantitative estimate of drug-likeness (QED) is 0.462. The van der Waals surface area contributed by atoms with Gasteiger partial charge in [0.2, 0.25) is 11.8 Å². The molecule has 2 amide bonds. The molecule has 1 rings (SSSR count). The van der Waals surface area contributed by atoms with Crippen molar-refractivity contribution in [2.24, 2.45) is 11.8 Å². The van der Waals surface area contributed by atoms with Crippen LogP contribution < -0.4 is 10.6 Å². The van der Waals surface area contributed by atoms with E-state index in [4.69, 9.17) is 9.47 Å². The number of hydrogen-bond donors (Lipinski definition) is 2. The molecule has 0 saturated heterocycles. The van der Waals surface area contributed by atoms with Crippen LogP contribution in [0.4, 0.5) is 0 Å². The molecule has 0 aromatic rings. The van der Waals surface area contributed by atoms with Gasteiger partial charge in [-0.1, -0.05) is 20.8 Å². The van der Waals surface area contributed by atoms with Crippen molar-refractivity contribution in [2.75, 3.05) is 26.4 Å². The largest absolute Gasteiger partial charge is 0.378 e. The van der Waals surface area contributed by atoms with E-state index in [9.17, 15) is 14.4 Å². The first-order valence-electron chi connectivity index (χ1n) is 10.6. The van der Waals surface area contributed by atoms with Gasteiger partial charge in [-0.2, -0.15) is 0 Å². The molecule has 1 saturated carbocycles. The van der Waals surface area contributed by atoms with Crippen molar-refractivity contribution in [3.63, 3.8) is 0 Å². The molecule has 2 N–H and O–H groups in total. The summed E-state index contributed by atoms with van der Waals surface area (Å²) in [5, 5.41) is 5.72. The molecular weight excluding hydrogens is 360 g/mol. The normalized spacial score (nSPS) is 20.6. The van der Waals surface area contributed by atoms with Crippen LogP contribution in [0.2, 0.25) is 0 Å². The fourth-order valence-corrected chi connectivity index (χ4v) is 3.25. The number of hydrogen-bond acceptors (Lipinski definition) is 5. The Labute approximate surface area is 172 Å². The molecule has 0 aliphatic heterocycles. The fraction of sp³-hybridized carbons (Fsp3) is 0.857. The highest BCUT2D eigenvalue weighted by molar-refractivity contribution is 5.83. The summed E-state index contributed by atoms with van der Waals surface area (Å²) in [6.07, 6.45) is 4.78. The Kier molecular flexibility index (Phi) is 12.0. The Morgan fingerprint density at radius 2 is 1.71 bits per heavy atom. The van der Waals surface area contributed by atoms with Crippen molar-refractivity contribution in [3.05, 3.63) is 0 Å². The highest BCUT2D eigenvalue weighted by Crippen LogP contribution is 2.27. The number of carbonyl (C=O) groups is 3. The third-order valence-electron chi connectivity index (χ3n) is 5.17. The zero-order valence-corrected chi connectivity index (χ0v) is 17.9. The van der Waals surface area contributed by atoms with Crippen LogP contribution in [-0.2, 0) is 23.9 Å². The predicted octanol–water partition coefficient (Wildman–Crippen LogP) is 2.72. The van der Waals surface area contributed by atoms with Gasteiger partial charge in [0.1, 0.15) is 12.4 Å². The van der Waals surface area contributed by atoms with Gasteiger partial charge < -0.3 is 20.1 Å². The number of ketones is 1. The van der Waals surface area contributed by atoms with Gasteiger partial charge in [-0.05, 0) is 39.0 Å². The molecule has 166 valence electrons. The first-order valence-corrected chi connectivity index (χ1v) is 10.6. The molecule has 1 atom stereocenters. The van der Waals surface area contributed by atoms with Gasteiger partial charge in [0.25, 0.3) is 0 Å². The second-order valence-corrected chi connectivity index (χ2v) is 7.92. The van der Waals surface area contributed by atoms with E-state index in [1.165, 1.54) is 0 Å². The maximum Gasteiger partial charge on any atom is 0.246 e. The summed E-state index contributed by atoms with van der Waals surface area (Å²) in [5.41, 5.74) is 0. The molecule has 0 bridgehead atoms. The average molecular weight is 403 g/mol. The zero-order valence-electron chi connectivity index (χ0n) is 17.9. The van der Waals surface area contributed by atoms with E-state index in [0.717, 1.165) is 32.1 Å². The molecule has 0 aromatic heterocycles. The maximum atomic E-state index is 12.0. The van der Waals surface area contributed by atoms with Crippen molar-refractivity contribution in [1.82, 2.24) is 10.6 Å². The van der Waals surface area contributed by atoms with E-state index < -0.39 is 0 Å². The summed E-state index contributed by atoms with van der Waals surface area (Å²) in [6, 6.07) is 0.123. The van der Waals surface area contributed by atoms with Gasteiger partial charge in [-0.25, -0.2) is 0 Å². The van der Waals surface area contributed by atoms with Crippen LogP contribution in [0.1, 0.15) is 69.1 Å². The monoisotopic (exact) mass is 402 g/mol. The molecule has 0 heterocycles. The Balaban J connectivity index is 0. The first kappa shape index (κ1) is 24.6. The Morgan fingerprint density at radius 1 is 1.04 bits per heavy atom. The molecule has 0 aromatic carbocycles. The molecule has 7 nitrogen and oxygen atoms in total. The average Bonchev–Trinajstić information content (AvgIpc) is 2.67. The topological polar surface area (TPSA) is 93.7 Å². The lowest BCUT2D eigenvalue weighted by atomic mass is 9.80. The minimum atomic E-state index is -0.146. The predicted molar refractivity (Wildman–Crippen MR) is 112 cm³/mol. The summed E-state index contributed by atoms with van der Waals surface area (Å²) in [6.45, 7) is 8.96. The second-order valence-electron chi connectivity index (χ2n) is 7.92. The smallest absolute Gasteiger partial charge is 0.246 e. The third kappa shape index (κ3) is 10.2. The zero-order chi connectivity index (χ0) is 20.9. The number of rotatable bonds is 13. The minimum Gasteiger partial charge on any atom is -0.378 e. The Bertz CT molecular complexity index is 498. The minimum absolute atomic E-state index is 0. The lowest BCUT2D eigenvalue weighted by Gasteiger charge is -2.29. The van der Waals surface area contributed by atoms with Gasteiger partial charge in [-0.3, -0.25) is 14.4 Å². The Hall–Kier alpha value is -1.47. The highest BCUT2D eigenvalue weighted by Gasteiger charge is 2.28. The van der Waals surface area contributed by atoms with Crippen LogP contribution >= 0.6 is 0 Å². The number of amides is 2. The van der Waals surface area contributed by atoms with Gasteiger partial charge in [-0.15, -0.1) is 0 Å². The van der Waals surface area contributed by atoms with E-state index in [1.807, 2.05) is 27.7 Å². The molecule has 28 heavy (non-hydrogen) atoms. The maximum absolute atomic E-state index is 12.0. The van der Waals surface area contributed by atoms with Crippen molar-refractivity contribution >= 4 is 17.6 Å². The van der Waals surface area contributed by atoms with Crippen LogP contribution in [0.15, 0.2) is 0 Å². The molecular formula is C21H42N2O5. The van der Waals surface area contributed by atoms with Crippen molar-refractivity contribution in [3.8, 4) is 0 Å². The Morgan fingerprint density at radius 3 is 2.32 bits per heavy atom. The number of nitrogens with one attached hydrogen (secondary N) is 2. The van der Waals surface area contributed by atoms with Gasteiger partial charge in [0.05, 0.1) is 19.3 Å². The number of carbonyl (C=O) groups excluding carboxylic acids is 3. The highest BCUT2D eigenvalue weighted by atomic mass is 16.5. The van der Waals surface area contributed by atoms with Crippen molar-refractivity contribution < 1.29 is 26.7 Å².